The van der Waals surface area contributed by atoms with Gasteiger partial charge in [0.2, 0.25) is 0 Å². The average molecular weight is 543 g/mol. The zero-order valence-corrected chi connectivity index (χ0v) is 21.9. The summed E-state index contributed by atoms with van der Waals surface area (Å²) in [5.41, 5.74) is -4.44. The van der Waals surface area contributed by atoms with Gasteiger partial charge < -0.3 is 33.4 Å². The van der Waals surface area contributed by atoms with Gasteiger partial charge in [0, 0.05) is 22.2 Å². The minimum atomic E-state index is -2.86. The highest BCUT2D eigenvalue weighted by Gasteiger charge is 2.65. The number of aromatic nitrogens is 1. The van der Waals surface area contributed by atoms with E-state index in [4.69, 9.17) is 23.7 Å². The van der Waals surface area contributed by atoms with E-state index in [0.717, 1.165) is 42.7 Å². The van der Waals surface area contributed by atoms with Crippen molar-refractivity contribution in [1.82, 2.24) is 4.98 Å². The SMILES string of the molecule is COC(=O)C=C(C(=O)OC)C1(C(=O)OC)C(C(=O)OC)=c2c([nH]c3ccccc23)=C(C(=O)OC)C1C(=O)OC. The summed E-state index contributed by atoms with van der Waals surface area (Å²) in [4.78, 5) is 83.3. The van der Waals surface area contributed by atoms with Crippen LogP contribution in [0.15, 0.2) is 35.9 Å². The molecule has 0 saturated carbocycles. The minimum Gasteiger partial charge on any atom is -0.468 e. The van der Waals surface area contributed by atoms with Crippen molar-refractivity contribution in [1.29, 1.82) is 0 Å². The number of methoxy groups -OCH3 is 6. The predicted octanol–water partition coefficient (Wildman–Crippen LogP) is -0.950. The molecule has 0 spiro atoms. The zero-order chi connectivity index (χ0) is 29.1. The maximum Gasteiger partial charge on any atom is 0.336 e. The molecule has 0 amide bonds. The lowest BCUT2D eigenvalue weighted by atomic mass is 9.59. The van der Waals surface area contributed by atoms with Crippen LogP contribution < -0.4 is 10.6 Å². The van der Waals surface area contributed by atoms with Gasteiger partial charge in [-0.2, -0.15) is 0 Å². The van der Waals surface area contributed by atoms with E-state index in [2.05, 4.69) is 9.72 Å². The van der Waals surface area contributed by atoms with E-state index in [-0.39, 0.29) is 10.6 Å². The van der Waals surface area contributed by atoms with Gasteiger partial charge in [-0.1, -0.05) is 18.2 Å². The van der Waals surface area contributed by atoms with Crippen LogP contribution in [0.2, 0.25) is 0 Å². The second-order valence-electron chi connectivity index (χ2n) is 8.02. The maximum absolute atomic E-state index is 14.0. The molecule has 0 saturated heterocycles. The van der Waals surface area contributed by atoms with Crippen molar-refractivity contribution >= 4 is 57.9 Å². The number of aromatic amines is 1. The standard InChI is InChI=1S/C26H25NO12/c1-34-15(28)11-13(21(29)35-2)26(25(33)39-6)18(23(31)37-4)16-12-9-7-8-10-14(12)27-20(16)17(22(30)36-3)19(26)24(32)38-5/h7-11,19,27H,1-6H3. The molecule has 1 heterocycles. The van der Waals surface area contributed by atoms with E-state index in [1.54, 1.807) is 24.3 Å². The summed E-state index contributed by atoms with van der Waals surface area (Å²) >= 11 is 0. The Bertz CT molecular complexity index is 1550. The number of para-hydroxylation sites is 1. The molecule has 13 heteroatoms. The summed E-state index contributed by atoms with van der Waals surface area (Å²) in [6.07, 6.45) is 0.566. The van der Waals surface area contributed by atoms with E-state index in [0.29, 0.717) is 17.0 Å². The van der Waals surface area contributed by atoms with Crippen LogP contribution in [0.4, 0.5) is 0 Å². The van der Waals surface area contributed by atoms with Gasteiger partial charge >= 0.3 is 35.8 Å². The third-order valence-corrected chi connectivity index (χ3v) is 6.37. The van der Waals surface area contributed by atoms with E-state index in [1.165, 1.54) is 0 Å². The highest BCUT2D eigenvalue weighted by Crippen LogP contribution is 2.51. The molecular formula is C26H25NO12. The topological polar surface area (TPSA) is 174 Å². The van der Waals surface area contributed by atoms with Crippen molar-refractivity contribution < 1.29 is 57.2 Å². The molecule has 0 radical (unpaired) electrons. The van der Waals surface area contributed by atoms with Crippen LogP contribution in [0.5, 0.6) is 0 Å². The Morgan fingerprint density at radius 2 is 1.44 bits per heavy atom. The number of esters is 6. The zero-order valence-electron chi connectivity index (χ0n) is 21.9. The smallest absolute Gasteiger partial charge is 0.336 e. The van der Waals surface area contributed by atoms with Crippen molar-refractivity contribution in [3.63, 3.8) is 0 Å². The quantitative estimate of drug-likeness (QED) is 0.258. The highest BCUT2D eigenvalue weighted by atomic mass is 16.5. The molecule has 2 aromatic rings. The number of H-pyrrole nitrogens is 1. The average Bonchev–Trinajstić information content (AvgIpc) is 3.35. The van der Waals surface area contributed by atoms with E-state index >= 15 is 0 Å². The second-order valence-corrected chi connectivity index (χ2v) is 8.02. The second kappa shape index (κ2) is 11.2. The molecule has 1 aromatic heterocycles. The molecule has 0 fully saturated rings. The number of fused-ring (bicyclic) bond motifs is 3. The molecule has 1 aromatic carbocycles. The van der Waals surface area contributed by atoms with Crippen LogP contribution >= 0.6 is 0 Å². The third-order valence-electron chi connectivity index (χ3n) is 6.37. The van der Waals surface area contributed by atoms with Gasteiger partial charge in [-0.05, 0) is 6.07 Å². The Hall–Kier alpha value is -4.94. The van der Waals surface area contributed by atoms with Gasteiger partial charge in [-0.3, -0.25) is 9.59 Å². The van der Waals surface area contributed by atoms with Crippen molar-refractivity contribution in [2.24, 2.45) is 11.3 Å². The summed E-state index contributed by atoms with van der Waals surface area (Å²) < 4.78 is 29.5. The number of rotatable bonds is 7. The Morgan fingerprint density at radius 1 is 0.795 bits per heavy atom. The first kappa shape index (κ1) is 28.6. The summed E-state index contributed by atoms with van der Waals surface area (Å²) in [6.45, 7) is 0. The molecule has 0 aliphatic heterocycles. The van der Waals surface area contributed by atoms with Gasteiger partial charge in [-0.25, -0.2) is 19.2 Å². The van der Waals surface area contributed by atoms with Gasteiger partial charge in [0.25, 0.3) is 0 Å². The van der Waals surface area contributed by atoms with Crippen molar-refractivity contribution in [2.75, 3.05) is 42.7 Å². The first-order valence-corrected chi connectivity index (χ1v) is 11.2. The predicted molar refractivity (Wildman–Crippen MR) is 130 cm³/mol. The van der Waals surface area contributed by atoms with Gasteiger partial charge in [-0.15, -0.1) is 0 Å². The van der Waals surface area contributed by atoms with Crippen LogP contribution in [-0.4, -0.2) is 83.5 Å². The fourth-order valence-corrected chi connectivity index (χ4v) is 4.81. The highest BCUT2D eigenvalue weighted by molar-refractivity contribution is 6.29. The number of nitrogens with one attached hydrogen (secondary N) is 1. The fraction of sp³-hybridized carbons (Fsp3) is 0.308. The van der Waals surface area contributed by atoms with Gasteiger partial charge in [0.15, 0.2) is 5.41 Å². The van der Waals surface area contributed by atoms with E-state index < -0.39 is 63.9 Å². The normalized spacial score (nSPS) is 18.5. The molecule has 1 N–H and O–H groups in total. The molecule has 0 bridgehead atoms. The molecular weight excluding hydrogens is 518 g/mol. The maximum atomic E-state index is 14.0. The van der Waals surface area contributed by atoms with E-state index in [1.807, 2.05) is 0 Å². The monoisotopic (exact) mass is 543 g/mol. The van der Waals surface area contributed by atoms with Crippen molar-refractivity contribution in [3.05, 3.63) is 46.5 Å². The lowest BCUT2D eigenvalue weighted by molar-refractivity contribution is -0.161. The number of hydrogen-bond acceptors (Lipinski definition) is 12. The minimum absolute atomic E-state index is 0.0805. The first-order valence-electron chi connectivity index (χ1n) is 11.2. The van der Waals surface area contributed by atoms with Gasteiger partial charge in [0.1, 0.15) is 5.92 Å². The summed E-state index contributed by atoms with van der Waals surface area (Å²) in [5, 5.41) is 0.136. The Labute approximate surface area is 220 Å². The third kappa shape index (κ3) is 4.31. The molecule has 1 aliphatic rings. The lowest BCUT2D eigenvalue weighted by Gasteiger charge is -2.40. The van der Waals surface area contributed by atoms with Crippen LogP contribution in [0.3, 0.4) is 0 Å². The lowest BCUT2D eigenvalue weighted by Crippen LogP contribution is -2.58. The summed E-state index contributed by atoms with van der Waals surface area (Å²) in [6, 6.07) is 6.43. The number of ether oxygens (including phenoxy) is 6. The van der Waals surface area contributed by atoms with Crippen LogP contribution in [0, 0.1) is 11.3 Å². The van der Waals surface area contributed by atoms with Gasteiger partial charge in [0.05, 0.1) is 64.7 Å². The molecule has 206 valence electrons. The number of benzene rings is 1. The Balaban J connectivity index is 2.90. The molecule has 2 unspecified atom stereocenters. The first-order chi connectivity index (χ1) is 18.6. The fourth-order valence-electron chi connectivity index (χ4n) is 4.81. The summed E-state index contributed by atoms with van der Waals surface area (Å²) in [7, 11) is 5.83. The van der Waals surface area contributed by atoms with Crippen LogP contribution in [0.25, 0.3) is 22.0 Å². The number of carbonyl (C=O) groups excluding carboxylic acids is 6. The van der Waals surface area contributed by atoms with Crippen LogP contribution in [-0.2, 0) is 57.2 Å². The number of carbonyl (C=O) groups is 6. The van der Waals surface area contributed by atoms with E-state index in [9.17, 15) is 28.8 Å². The summed E-state index contributed by atoms with van der Waals surface area (Å²) in [5.74, 6) is -9.56. The molecule has 3 rings (SSSR count). The Morgan fingerprint density at radius 3 is 1.97 bits per heavy atom. The number of hydrogen-bond donors (Lipinski definition) is 1. The molecule has 2 atom stereocenters. The largest absolute Gasteiger partial charge is 0.468 e. The molecule has 1 aliphatic carbocycles. The van der Waals surface area contributed by atoms with Crippen LogP contribution in [0.1, 0.15) is 0 Å². The van der Waals surface area contributed by atoms with Crippen molar-refractivity contribution in [3.8, 4) is 0 Å². The molecule has 13 nitrogen and oxygen atoms in total. The van der Waals surface area contributed by atoms with Crippen molar-refractivity contribution in [2.45, 2.75) is 0 Å². The molecule has 39 heavy (non-hydrogen) atoms. The Kier molecular flexibility index (Phi) is 8.23.